The first-order chi connectivity index (χ1) is 15.2. The van der Waals surface area contributed by atoms with Gasteiger partial charge in [-0.1, -0.05) is 99.6 Å². The van der Waals surface area contributed by atoms with Gasteiger partial charge < -0.3 is 5.32 Å². The zero-order valence-electron chi connectivity index (χ0n) is 18.5. The predicted octanol–water partition coefficient (Wildman–Crippen LogP) is 7.11. The molecular weight excluding hydrogens is 378 g/mol. The topological polar surface area (TPSA) is 37.8 Å². The van der Waals surface area contributed by atoms with E-state index in [9.17, 15) is 0 Å². The highest BCUT2D eigenvalue weighted by atomic mass is 15.0. The fraction of sp³-hybridized carbons (Fsp3) is 0.214. The van der Waals surface area contributed by atoms with E-state index in [4.69, 9.17) is 4.98 Å². The van der Waals surface area contributed by atoms with Crippen LogP contribution in [0.4, 0.5) is 5.82 Å². The number of benzene rings is 3. The maximum atomic E-state index is 4.91. The molecule has 0 radical (unpaired) electrons. The molecule has 1 N–H and O–H groups in total. The van der Waals surface area contributed by atoms with Crippen LogP contribution in [0.1, 0.15) is 43.4 Å². The molecule has 156 valence electrons. The number of aromatic nitrogens is 2. The highest BCUT2D eigenvalue weighted by Crippen LogP contribution is 2.28. The standard InChI is InChI=1S/C28H29N3/c1-4-22-19-30-28(26-13-9-8-12-25(26)20(2)3)31-27(22)29-18-21-14-16-24(17-15-21)23-10-6-5-7-11-23/h5-17,19-20H,4,18H2,1-3H3,(H,29,30,31). The molecule has 0 spiro atoms. The summed E-state index contributed by atoms with van der Waals surface area (Å²) in [6.45, 7) is 7.28. The molecule has 0 aliphatic carbocycles. The Hall–Kier alpha value is -3.46. The molecule has 0 bridgehead atoms. The lowest BCUT2D eigenvalue weighted by Gasteiger charge is -2.15. The molecule has 3 nitrogen and oxygen atoms in total. The van der Waals surface area contributed by atoms with E-state index in [2.05, 4.69) is 104 Å². The third kappa shape index (κ3) is 4.83. The van der Waals surface area contributed by atoms with Crippen LogP contribution < -0.4 is 5.32 Å². The van der Waals surface area contributed by atoms with Crippen LogP contribution in [-0.2, 0) is 13.0 Å². The van der Waals surface area contributed by atoms with Gasteiger partial charge in [0.1, 0.15) is 5.82 Å². The summed E-state index contributed by atoms with van der Waals surface area (Å²) in [7, 11) is 0. The van der Waals surface area contributed by atoms with Gasteiger partial charge in [-0.2, -0.15) is 0 Å². The lowest BCUT2D eigenvalue weighted by molar-refractivity contribution is 0.865. The van der Waals surface area contributed by atoms with Crippen LogP contribution in [0, 0.1) is 0 Å². The number of hydrogen-bond donors (Lipinski definition) is 1. The molecule has 1 heterocycles. The van der Waals surface area contributed by atoms with Crippen LogP contribution in [-0.4, -0.2) is 9.97 Å². The van der Waals surface area contributed by atoms with Gasteiger partial charge in [-0.25, -0.2) is 9.97 Å². The summed E-state index contributed by atoms with van der Waals surface area (Å²) < 4.78 is 0. The molecule has 0 aliphatic heterocycles. The second-order valence-corrected chi connectivity index (χ2v) is 8.08. The minimum atomic E-state index is 0.421. The third-order valence-corrected chi connectivity index (χ3v) is 5.59. The second kappa shape index (κ2) is 9.57. The number of aryl methyl sites for hydroxylation is 1. The Balaban J connectivity index is 1.55. The van der Waals surface area contributed by atoms with Crippen LogP contribution in [0.25, 0.3) is 22.5 Å². The van der Waals surface area contributed by atoms with E-state index >= 15 is 0 Å². The lowest BCUT2D eigenvalue weighted by Crippen LogP contribution is -2.07. The summed E-state index contributed by atoms with van der Waals surface area (Å²) in [5.41, 5.74) is 7.20. The third-order valence-electron chi connectivity index (χ3n) is 5.59. The average molecular weight is 408 g/mol. The molecule has 4 rings (SSSR count). The normalized spacial score (nSPS) is 11.0. The molecule has 0 atom stereocenters. The Labute approximate surface area is 185 Å². The summed E-state index contributed by atoms with van der Waals surface area (Å²) in [5.74, 6) is 2.12. The van der Waals surface area contributed by atoms with Crippen LogP contribution in [0.5, 0.6) is 0 Å². The number of rotatable bonds is 7. The average Bonchev–Trinajstić information content (AvgIpc) is 2.83. The molecule has 0 fully saturated rings. The fourth-order valence-electron chi connectivity index (χ4n) is 3.78. The molecular formula is C28H29N3. The van der Waals surface area contributed by atoms with Crippen LogP contribution in [0.15, 0.2) is 85.1 Å². The van der Waals surface area contributed by atoms with Gasteiger partial charge >= 0.3 is 0 Å². The number of nitrogens with zero attached hydrogens (tertiary/aromatic N) is 2. The Morgan fingerprint density at radius 1 is 0.806 bits per heavy atom. The van der Waals surface area contributed by atoms with Crippen molar-refractivity contribution in [2.24, 2.45) is 0 Å². The summed E-state index contributed by atoms with van der Waals surface area (Å²) in [6, 6.07) is 27.6. The van der Waals surface area contributed by atoms with Crippen molar-refractivity contribution in [3.63, 3.8) is 0 Å². The van der Waals surface area contributed by atoms with Gasteiger partial charge in [0.25, 0.3) is 0 Å². The zero-order valence-corrected chi connectivity index (χ0v) is 18.5. The van der Waals surface area contributed by atoms with Crippen molar-refractivity contribution >= 4 is 5.82 Å². The highest BCUT2D eigenvalue weighted by Gasteiger charge is 2.13. The first-order valence-electron chi connectivity index (χ1n) is 11.0. The smallest absolute Gasteiger partial charge is 0.161 e. The van der Waals surface area contributed by atoms with Crippen LogP contribution in [0.2, 0.25) is 0 Å². The monoisotopic (exact) mass is 407 g/mol. The van der Waals surface area contributed by atoms with Crippen molar-refractivity contribution in [3.8, 4) is 22.5 Å². The molecule has 0 saturated carbocycles. The van der Waals surface area contributed by atoms with Crippen LogP contribution in [0.3, 0.4) is 0 Å². The Bertz CT molecular complexity index is 1130. The van der Waals surface area contributed by atoms with E-state index < -0.39 is 0 Å². The largest absolute Gasteiger partial charge is 0.366 e. The van der Waals surface area contributed by atoms with E-state index in [1.165, 1.54) is 22.3 Å². The minimum Gasteiger partial charge on any atom is -0.366 e. The van der Waals surface area contributed by atoms with Crippen molar-refractivity contribution in [1.29, 1.82) is 0 Å². The van der Waals surface area contributed by atoms with Crippen molar-refractivity contribution < 1.29 is 0 Å². The molecule has 4 aromatic rings. The van der Waals surface area contributed by atoms with E-state index in [0.29, 0.717) is 5.92 Å². The molecule has 1 aromatic heterocycles. The first kappa shape index (κ1) is 20.8. The quantitative estimate of drug-likeness (QED) is 0.355. The van der Waals surface area contributed by atoms with Gasteiger partial charge in [0, 0.05) is 23.9 Å². The first-order valence-corrected chi connectivity index (χ1v) is 11.0. The number of hydrogen-bond acceptors (Lipinski definition) is 3. The molecule has 0 saturated heterocycles. The molecule has 31 heavy (non-hydrogen) atoms. The van der Waals surface area contributed by atoms with Crippen molar-refractivity contribution in [3.05, 3.63) is 102 Å². The van der Waals surface area contributed by atoms with E-state index in [1.807, 2.05) is 12.3 Å². The molecule has 0 amide bonds. The Morgan fingerprint density at radius 2 is 1.48 bits per heavy atom. The number of anilines is 1. The van der Waals surface area contributed by atoms with Gasteiger partial charge in [-0.3, -0.25) is 0 Å². The van der Waals surface area contributed by atoms with E-state index in [-0.39, 0.29) is 0 Å². The zero-order chi connectivity index (χ0) is 21.6. The molecule has 3 heteroatoms. The van der Waals surface area contributed by atoms with Gasteiger partial charge in [-0.05, 0) is 34.6 Å². The minimum absolute atomic E-state index is 0.421. The highest BCUT2D eigenvalue weighted by molar-refractivity contribution is 5.64. The predicted molar refractivity (Wildman–Crippen MR) is 130 cm³/mol. The Kier molecular flexibility index (Phi) is 6.42. The maximum Gasteiger partial charge on any atom is 0.161 e. The SMILES string of the molecule is CCc1cnc(-c2ccccc2C(C)C)nc1NCc1ccc(-c2ccccc2)cc1. The van der Waals surface area contributed by atoms with E-state index in [0.717, 1.165) is 35.7 Å². The van der Waals surface area contributed by atoms with Crippen LogP contribution >= 0.6 is 0 Å². The van der Waals surface area contributed by atoms with Crippen molar-refractivity contribution in [2.45, 2.75) is 39.7 Å². The summed E-state index contributed by atoms with van der Waals surface area (Å²) >= 11 is 0. The van der Waals surface area contributed by atoms with Gasteiger partial charge in [0.15, 0.2) is 5.82 Å². The number of nitrogens with one attached hydrogen (secondary N) is 1. The van der Waals surface area contributed by atoms with Gasteiger partial charge in [0.2, 0.25) is 0 Å². The molecule has 3 aromatic carbocycles. The van der Waals surface area contributed by atoms with Gasteiger partial charge in [0.05, 0.1) is 0 Å². The molecule has 0 aliphatic rings. The lowest BCUT2D eigenvalue weighted by atomic mass is 9.97. The Morgan fingerprint density at radius 3 is 2.19 bits per heavy atom. The summed E-state index contributed by atoms with van der Waals surface area (Å²) in [6.07, 6.45) is 2.85. The summed E-state index contributed by atoms with van der Waals surface area (Å²) in [5, 5.41) is 3.55. The fourth-order valence-corrected chi connectivity index (χ4v) is 3.78. The van der Waals surface area contributed by atoms with Crippen molar-refractivity contribution in [2.75, 3.05) is 5.32 Å². The van der Waals surface area contributed by atoms with Crippen molar-refractivity contribution in [1.82, 2.24) is 9.97 Å². The second-order valence-electron chi connectivity index (χ2n) is 8.08. The van der Waals surface area contributed by atoms with E-state index in [1.54, 1.807) is 0 Å². The maximum absolute atomic E-state index is 4.91. The summed E-state index contributed by atoms with van der Waals surface area (Å²) in [4.78, 5) is 9.59. The van der Waals surface area contributed by atoms with Gasteiger partial charge in [-0.15, -0.1) is 0 Å². The molecule has 0 unspecified atom stereocenters.